The van der Waals surface area contributed by atoms with Gasteiger partial charge in [-0.1, -0.05) is 23.4 Å². The van der Waals surface area contributed by atoms with Crippen LogP contribution in [0, 0.1) is 6.92 Å². The van der Waals surface area contributed by atoms with E-state index >= 15 is 0 Å². The summed E-state index contributed by atoms with van der Waals surface area (Å²) < 4.78 is 10.7. The Labute approximate surface area is 147 Å². The molecule has 0 radical (unpaired) electrons. The zero-order valence-electron chi connectivity index (χ0n) is 14.6. The third-order valence-corrected chi connectivity index (χ3v) is 3.38. The molecule has 0 aromatic heterocycles. The SMILES string of the molecule is CCOc1cc(C=NOCC(=O)Nc2ccccc2C)ccc1OC. The highest BCUT2D eigenvalue weighted by molar-refractivity contribution is 5.92. The molecule has 0 heterocycles. The molecular weight excluding hydrogens is 320 g/mol. The van der Waals surface area contributed by atoms with Crippen molar-refractivity contribution in [2.75, 3.05) is 25.6 Å². The number of rotatable bonds is 8. The van der Waals surface area contributed by atoms with Crippen LogP contribution in [0.2, 0.25) is 0 Å². The van der Waals surface area contributed by atoms with Gasteiger partial charge in [0.2, 0.25) is 0 Å². The molecule has 0 saturated carbocycles. The number of oxime groups is 1. The summed E-state index contributed by atoms with van der Waals surface area (Å²) in [7, 11) is 1.59. The zero-order chi connectivity index (χ0) is 18.1. The van der Waals surface area contributed by atoms with Crippen molar-refractivity contribution < 1.29 is 19.1 Å². The maximum absolute atomic E-state index is 11.9. The van der Waals surface area contributed by atoms with Crippen molar-refractivity contribution >= 4 is 17.8 Å². The molecule has 25 heavy (non-hydrogen) atoms. The third-order valence-electron chi connectivity index (χ3n) is 3.38. The van der Waals surface area contributed by atoms with Crippen LogP contribution in [0.1, 0.15) is 18.1 Å². The molecule has 1 N–H and O–H groups in total. The second kappa shape index (κ2) is 9.32. The van der Waals surface area contributed by atoms with Crippen LogP contribution in [0.25, 0.3) is 0 Å². The summed E-state index contributed by atoms with van der Waals surface area (Å²) >= 11 is 0. The van der Waals surface area contributed by atoms with Crippen molar-refractivity contribution in [2.45, 2.75) is 13.8 Å². The number of carbonyl (C=O) groups excluding carboxylic acids is 1. The van der Waals surface area contributed by atoms with E-state index in [0.29, 0.717) is 18.1 Å². The van der Waals surface area contributed by atoms with Crippen LogP contribution in [-0.4, -0.2) is 32.4 Å². The van der Waals surface area contributed by atoms with E-state index in [4.69, 9.17) is 14.3 Å². The molecule has 0 saturated heterocycles. The van der Waals surface area contributed by atoms with Crippen LogP contribution >= 0.6 is 0 Å². The largest absolute Gasteiger partial charge is 0.493 e. The summed E-state index contributed by atoms with van der Waals surface area (Å²) in [5.41, 5.74) is 2.53. The Hall–Kier alpha value is -3.02. The van der Waals surface area contributed by atoms with Gasteiger partial charge in [0.25, 0.3) is 5.91 Å². The van der Waals surface area contributed by atoms with Crippen LogP contribution in [0.5, 0.6) is 11.5 Å². The molecule has 6 nitrogen and oxygen atoms in total. The van der Waals surface area contributed by atoms with Crippen molar-refractivity contribution in [3.05, 3.63) is 53.6 Å². The molecule has 0 atom stereocenters. The average molecular weight is 342 g/mol. The molecule has 0 aliphatic rings. The van der Waals surface area contributed by atoms with E-state index in [1.807, 2.05) is 44.2 Å². The Balaban J connectivity index is 1.87. The van der Waals surface area contributed by atoms with Crippen LogP contribution in [0.15, 0.2) is 47.6 Å². The van der Waals surface area contributed by atoms with Crippen molar-refractivity contribution in [1.29, 1.82) is 0 Å². The minimum atomic E-state index is -0.267. The van der Waals surface area contributed by atoms with Gasteiger partial charge < -0.3 is 19.6 Å². The van der Waals surface area contributed by atoms with Gasteiger partial charge in [0.1, 0.15) is 0 Å². The molecule has 0 fully saturated rings. The first-order valence-corrected chi connectivity index (χ1v) is 7.95. The van der Waals surface area contributed by atoms with Gasteiger partial charge in [0.15, 0.2) is 18.1 Å². The molecule has 2 aromatic rings. The van der Waals surface area contributed by atoms with Crippen molar-refractivity contribution in [3.8, 4) is 11.5 Å². The molecule has 0 bridgehead atoms. The van der Waals surface area contributed by atoms with Crippen LogP contribution in [0.4, 0.5) is 5.69 Å². The maximum atomic E-state index is 11.9. The highest BCUT2D eigenvalue weighted by atomic mass is 16.6. The molecule has 2 aromatic carbocycles. The summed E-state index contributed by atoms with van der Waals surface area (Å²) in [6.07, 6.45) is 1.52. The minimum Gasteiger partial charge on any atom is -0.493 e. The molecule has 0 unspecified atom stereocenters. The van der Waals surface area contributed by atoms with Gasteiger partial charge >= 0.3 is 0 Å². The fraction of sp³-hybridized carbons (Fsp3) is 0.263. The number of nitrogens with one attached hydrogen (secondary N) is 1. The Morgan fingerprint density at radius 2 is 2.00 bits per heavy atom. The van der Waals surface area contributed by atoms with Crippen molar-refractivity contribution in [3.63, 3.8) is 0 Å². The second-order valence-electron chi connectivity index (χ2n) is 5.21. The summed E-state index contributed by atoms with van der Waals surface area (Å²) in [4.78, 5) is 16.9. The maximum Gasteiger partial charge on any atom is 0.265 e. The number of aryl methyl sites for hydroxylation is 1. The Kier molecular flexibility index (Phi) is 6.83. The van der Waals surface area contributed by atoms with E-state index in [9.17, 15) is 4.79 Å². The summed E-state index contributed by atoms with van der Waals surface area (Å²) in [6.45, 7) is 4.19. The number of hydrogen-bond acceptors (Lipinski definition) is 5. The molecule has 2 rings (SSSR count). The lowest BCUT2D eigenvalue weighted by atomic mass is 10.2. The number of anilines is 1. The van der Waals surface area contributed by atoms with Gasteiger partial charge in [-0.3, -0.25) is 4.79 Å². The third kappa shape index (κ3) is 5.53. The first kappa shape index (κ1) is 18.3. The number of amides is 1. The van der Waals surface area contributed by atoms with E-state index < -0.39 is 0 Å². The van der Waals surface area contributed by atoms with E-state index in [0.717, 1.165) is 16.8 Å². The zero-order valence-corrected chi connectivity index (χ0v) is 14.6. The molecule has 0 spiro atoms. The summed E-state index contributed by atoms with van der Waals surface area (Å²) in [5.74, 6) is 1.01. The van der Waals surface area contributed by atoms with Crippen molar-refractivity contribution in [1.82, 2.24) is 0 Å². The second-order valence-corrected chi connectivity index (χ2v) is 5.21. The van der Waals surface area contributed by atoms with E-state index in [-0.39, 0.29) is 12.5 Å². The Morgan fingerprint density at radius 1 is 1.20 bits per heavy atom. The van der Waals surface area contributed by atoms with Crippen molar-refractivity contribution in [2.24, 2.45) is 5.16 Å². The molecule has 1 amide bonds. The molecule has 0 aliphatic carbocycles. The highest BCUT2D eigenvalue weighted by Crippen LogP contribution is 2.27. The average Bonchev–Trinajstić information content (AvgIpc) is 2.61. The predicted octanol–water partition coefficient (Wildman–Crippen LogP) is 3.39. The monoisotopic (exact) mass is 342 g/mol. The van der Waals surface area contributed by atoms with E-state index in [1.54, 1.807) is 19.2 Å². The summed E-state index contributed by atoms with van der Waals surface area (Å²) in [6, 6.07) is 12.9. The van der Waals surface area contributed by atoms with Crippen LogP contribution < -0.4 is 14.8 Å². The molecule has 0 aliphatic heterocycles. The van der Waals surface area contributed by atoms with Gasteiger partial charge in [-0.2, -0.15) is 0 Å². The van der Waals surface area contributed by atoms with Crippen LogP contribution in [-0.2, 0) is 9.63 Å². The van der Waals surface area contributed by atoms with Crippen LogP contribution in [0.3, 0.4) is 0 Å². The molecular formula is C19H22N2O4. The fourth-order valence-electron chi connectivity index (χ4n) is 2.14. The standard InChI is InChI=1S/C19H22N2O4/c1-4-24-18-11-15(9-10-17(18)23-3)12-20-25-13-19(22)21-16-8-6-5-7-14(16)2/h5-12H,4,13H2,1-3H3,(H,21,22). The lowest BCUT2D eigenvalue weighted by Gasteiger charge is -2.09. The first-order valence-electron chi connectivity index (χ1n) is 7.95. The van der Waals surface area contributed by atoms with Gasteiger partial charge in [-0.05, 0) is 43.7 Å². The smallest absolute Gasteiger partial charge is 0.265 e. The first-order chi connectivity index (χ1) is 12.1. The number of benzene rings is 2. The van der Waals surface area contributed by atoms with Gasteiger partial charge in [-0.15, -0.1) is 0 Å². The summed E-state index contributed by atoms with van der Waals surface area (Å²) in [5, 5.41) is 6.60. The predicted molar refractivity (Wildman–Crippen MR) is 97.5 cm³/mol. The minimum absolute atomic E-state index is 0.167. The number of carbonyl (C=O) groups is 1. The topological polar surface area (TPSA) is 69.2 Å². The van der Waals surface area contributed by atoms with Gasteiger partial charge in [-0.25, -0.2) is 0 Å². The van der Waals surface area contributed by atoms with Gasteiger partial charge in [0.05, 0.1) is 19.9 Å². The Bertz CT molecular complexity index is 744. The number of ether oxygens (including phenoxy) is 2. The van der Waals surface area contributed by atoms with Gasteiger partial charge in [0, 0.05) is 11.3 Å². The Morgan fingerprint density at radius 3 is 2.72 bits per heavy atom. The highest BCUT2D eigenvalue weighted by Gasteiger charge is 2.05. The van der Waals surface area contributed by atoms with E-state index in [1.165, 1.54) is 6.21 Å². The number of hydrogen-bond donors (Lipinski definition) is 1. The number of methoxy groups -OCH3 is 1. The molecule has 132 valence electrons. The lowest BCUT2D eigenvalue weighted by molar-refractivity contribution is -0.120. The normalized spacial score (nSPS) is 10.5. The lowest BCUT2D eigenvalue weighted by Crippen LogP contribution is -2.17. The van der Waals surface area contributed by atoms with E-state index in [2.05, 4.69) is 10.5 Å². The fourth-order valence-corrected chi connectivity index (χ4v) is 2.14. The number of nitrogens with zero attached hydrogens (tertiary/aromatic N) is 1. The quantitative estimate of drug-likeness (QED) is 0.590. The molecule has 6 heteroatoms. The number of para-hydroxylation sites is 1.